The molecule has 2 heterocycles. The molecule has 1 aromatic carbocycles. The second kappa shape index (κ2) is 6.02. The molecule has 1 aromatic rings. The average molecular weight is 282 g/mol. The Bertz CT molecular complexity index is 444. The molecule has 0 spiro atoms. The highest BCUT2D eigenvalue weighted by molar-refractivity contribution is 6.33. The first kappa shape index (κ1) is 13.1. The van der Waals surface area contributed by atoms with Crippen LogP contribution >= 0.6 is 11.6 Å². The van der Waals surface area contributed by atoms with Gasteiger partial charge in [-0.25, -0.2) is 0 Å². The number of hydrogen-bond acceptors (Lipinski definition) is 3. The summed E-state index contributed by atoms with van der Waals surface area (Å²) in [5.41, 5.74) is 1.16. The first-order chi connectivity index (χ1) is 9.34. The Hall–Kier alpha value is -0.930. The number of ether oxygens (including phenoxy) is 2. The van der Waals surface area contributed by atoms with E-state index in [1.165, 1.54) is 19.3 Å². The predicted octanol–water partition coefficient (Wildman–Crippen LogP) is 3.19. The Morgan fingerprint density at radius 3 is 2.89 bits per heavy atom. The summed E-state index contributed by atoms with van der Waals surface area (Å²) in [7, 11) is 0. The van der Waals surface area contributed by atoms with Crippen LogP contribution in [0.3, 0.4) is 0 Å². The highest BCUT2D eigenvalue weighted by Gasteiger charge is 2.20. The molecule has 104 valence electrons. The third-order valence-electron chi connectivity index (χ3n) is 3.81. The van der Waals surface area contributed by atoms with E-state index in [0.29, 0.717) is 19.3 Å². The van der Waals surface area contributed by atoms with Crippen molar-refractivity contribution in [3.05, 3.63) is 22.7 Å². The van der Waals surface area contributed by atoms with E-state index < -0.39 is 0 Å². The maximum absolute atomic E-state index is 6.49. The van der Waals surface area contributed by atoms with E-state index in [1.54, 1.807) is 0 Å². The van der Waals surface area contributed by atoms with Gasteiger partial charge in [0.05, 0.1) is 18.2 Å². The number of rotatable bonds is 2. The lowest BCUT2D eigenvalue weighted by molar-refractivity contribution is 0.297. The van der Waals surface area contributed by atoms with Gasteiger partial charge in [-0.2, -0.15) is 0 Å². The van der Waals surface area contributed by atoms with Gasteiger partial charge in [0.15, 0.2) is 11.5 Å². The summed E-state index contributed by atoms with van der Waals surface area (Å²) in [6, 6.07) is 4.60. The molecule has 1 unspecified atom stereocenters. The molecule has 1 fully saturated rings. The van der Waals surface area contributed by atoms with E-state index in [1.807, 2.05) is 6.07 Å². The van der Waals surface area contributed by atoms with E-state index in [0.717, 1.165) is 41.5 Å². The summed E-state index contributed by atoms with van der Waals surface area (Å²) >= 11 is 6.49. The fourth-order valence-corrected chi connectivity index (χ4v) is 3.05. The zero-order valence-electron chi connectivity index (χ0n) is 11.1. The molecule has 19 heavy (non-hydrogen) atoms. The van der Waals surface area contributed by atoms with Gasteiger partial charge < -0.3 is 14.8 Å². The Kier molecular flexibility index (Phi) is 4.14. The van der Waals surface area contributed by atoms with Gasteiger partial charge in [0.2, 0.25) is 0 Å². The second-order valence-electron chi connectivity index (χ2n) is 5.27. The zero-order chi connectivity index (χ0) is 13.1. The van der Waals surface area contributed by atoms with Crippen molar-refractivity contribution in [3.8, 4) is 11.5 Å². The summed E-state index contributed by atoms with van der Waals surface area (Å²) < 4.78 is 11.4. The first-order valence-electron chi connectivity index (χ1n) is 7.15. The molecule has 1 saturated heterocycles. The van der Waals surface area contributed by atoms with Crippen molar-refractivity contribution in [2.45, 2.75) is 38.1 Å². The van der Waals surface area contributed by atoms with E-state index >= 15 is 0 Å². The minimum Gasteiger partial charge on any atom is -0.490 e. The van der Waals surface area contributed by atoms with Gasteiger partial charge in [-0.3, -0.25) is 0 Å². The highest BCUT2D eigenvalue weighted by Crippen LogP contribution is 2.39. The molecule has 3 rings (SSSR count). The van der Waals surface area contributed by atoms with Crippen LogP contribution in [0.1, 0.15) is 31.2 Å². The van der Waals surface area contributed by atoms with Crippen molar-refractivity contribution in [3.63, 3.8) is 0 Å². The fourth-order valence-electron chi connectivity index (χ4n) is 2.76. The molecule has 3 nitrogen and oxygen atoms in total. The molecular formula is C15H20ClNO2. The topological polar surface area (TPSA) is 30.5 Å². The fraction of sp³-hybridized carbons (Fsp3) is 0.600. The molecule has 1 N–H and O–H groups in total. The third kappa shape index (κ3) is 2.98. The third-order valence-corrected chi connectivity index (χ3v) is 4.23. The van der Waals surface area contributed by atoms with Crippen molar-refractivity contribution >= 4 is 11.6 Å². The van der Waals surface area contributed by atoms with Gasteiger partial charge in [0.25, 0.3) is 0 Å². The van der Waals surface area contributed by atoms with Crippen molar-refractivity contribution in [1.82, 2.24) is 5.32 Å². The lowest BCUT2D eigenvalue weighted by Gasteiger charge is -2.24. The van der Waals surface area contributed by atoms with Crippen LogP contribution in [-0.4, -0.2) is 25.8 Å². The Balaban J connectivity index is 1.80. The Morgan fingerprint density at radius 1 is 1.16 bits per heavy atom. The summed E-state index contributed by atoms with van der Waals surface area (Å²) in [5, 5.41) is 4.28. The Morgan fingerprint density at radius 2 is 2.05 bits per heavy atom. The maximum Gasteiger partial charge on any atom is 0.180 e. The number of halogens is 1. The minimum atomic E-state index is 0.538. The summed E-state index contributed by atoms with van der Waals surface area (Å²) in [6.45, 7) is 2.50. The smallest absolute Gasteiger partial charge is 0.180 e. The number of fused-ring (bicyclic) bond motifs is 1. The van der Waals surface area contributed by atoms with Crippen molar-refractivity contribution < 1.29 is 9.47 Å². The van der Waals surface area contributed by atoms with Crippen LogP contribution < -0.4 is 14.8 Å². The summed E-state index contributed by atoms with van der Waals surface area (Å²) in [6.07, 6.45) is 5.69. The number of nitrogens with one attached hydrogen (secondary N) is 1. The molecule has 0 saturated carbocycles. The quantitative estimate of drug-likeness (QED) is 0.903. The minimum absolute atomic E-state index is 0.538. The van der Waals surface area contributed by atoms with Gasteiger partial charge in [0.1, 0.15) is 0 Å². The Labute approximate surface area is 119 Å². The van der Waals surface area contributed by atoms with E-state index in [-0.39, 0.29) is 0 Å². The normalized spacial score (nSPS) is 22.9. The van der Waals surface area contributed by atoms with Crippen LogP contribution in [0.4, 0.5) is 0 Å². The molecule has 0 radical (unpaired) electrons. The second-order valence-corrected chi connectivity index (χ2v) is 5.65. The molecule has 2 aliphatic heterocycles. The lowest BCUT2D eigenvalue weighted by atomic mass is 9.97. The van der Waals surface area contributed by atoms with Crippen molar-refractivity contribution in [1.29, 1.82) is 0 Å². The molecule has 1 atom stereocenters. The number of hydrogen-bond donors (Lipinski definition) is 1. The molecule has 2 aliphatic rings. The van der Waals surface area contributed by atoms with Gasteiger partial charge in [0, 0.05) is 12.5 Å². The monoisotopic (exact) mass is 281 g/mol. The van der Waals surface area contributed by atoms with E-state index in [2.05, 4.69) is 11.4 Å². The standard InChI is InChI=1S/C15H20ClNO2/c16-14-11(10-12-4-1-2-7-17-12)5-6-13-15(14)19-9-3-8-18-13/h5-6,12,17H,1-4,7-10H2. The van der Waals surface area contributed by atoms with Crippen LogP contribution in [0.15, 0.2) is 12.1 Å². The summed E-state index contributed by atoms with van der Waals surface area (Å²) in [5.74, 6) is 1.51. The zero-order valence-corrected chi connectivity index (χ0v) is 11.8. The van der Waals surface area contributed by atoms with Crippen LogP contribution in [0.5, 0.6) is 11.5 Å². The molecule has 0 aromatic heterocycles. The van der Waals surface area contributed by atoms with Crippen molar-refractivity contribution in [2.24, 2.45) is 0 Å². The number of benzene rings is 1. The molecular weight excluding hydrogens is 262 g/mol. The number of piperidine rings is 1. The van der Waals surface area contributed by atoms with Crippen LogP contribution in [-0.2, 0) is 6.42 Å². The largest absolute Gasteiger partial charge is 0.490 e. The average Bonchev–Trinajstić information content (AvgIpc) is 2.69. The molecule has 0 amide bonds. The van der Waals surface area contributed by atoms with Crippen LogP contribution in [0, 0.1) is 0 Å². The van der Waals surface area contributed by atoms with E-state index in [4.69, 9.17) is 21.1 Å². The molecule has 0 bridgehead atoms. The van der Waals surface area contributed by atoms with Crippen LogP contribution in [0.25, 0.3) is 0 Å². The highest BCUT2D eigenvalue weighted by atomic mass is 35.5. The molecule has 4 heteroatoms. The maximum atomic E-state index is 6.49. The van der Waals surface area contributed by atoms with Crippen molar-refractivity contribution in [2.75, 3.05) is 19.8 Å². The van der Waals surface area contributed by atoms with Gasteiger partial charge >= 0.3 is 0 Å². The molecule has 0 aliphatic carbocycles. The first-order valence-corrected chi connectivity index (χ1v) is 7.53. The van der Waals surface area contributed by atoms with Gasteiger partial charge in [-0.1, -0.05) is 24.1 Å². The van der Waals surface area contributed by atoms with Crippen LogP contribution in [0.2, 0.25) is 5.02 Å². The SMILES string of the molecule is Clc1c(CC2CCCCN2)ccc2c1OCCCO2. The van der Waals surface area contributed by atoms with E-state index in [9.17, 15) is 0 Å². The van der Waals surface area contributed by atoms with Gasteiger partial charge in [-0.05, 0) is 37.4 Å². The lowest BCUT2D eigenvalue weighted by Crippen LogP contribution is -2.35. The van der Waals surface area contributed by atoms with Gasteiger partial charge in [-0.15, -0.1) is 0 Å². The predicted molar refractivity (Wildman–Crippen MR) is 76.4 cm³/mol. The summed E-state index contributed by atoms with van der Waals surface area (Å²) in [4.78, 5) is 0.